The number of amides is 1. The standard InChI is InChI=1S/C10H19N5O5/c11-10-13-7-4(8(19)14-10)12-2-15(7)9-6(18)5(17)3(1-16)20-9/h3-7,9-10,12-13,16-18H,1-2,11H2,(H,14,19)/t3-,4?,5-,6-,7?,9-,10?/m0/s1. The van der Waals surface area contributed by atoms with Gasteiger partial charge in [0.15, 0.2) is 0 Å². The lowest BCUT2D eigenvalue weighted by atomic mass is 10.1. The van der Waals surface area contributed by atoms with E-state index in [1.54, 1.807) is 4.90 Å². The number of aliphatic hydroxyl groups is 3. The molecule has 0 aromatic rings. The van der Waals surface area contributed by atoms with Crippen LogP contribution in [0.25, 0.3) is 0 Å². The molecule has 3 aliphatic heterocycles. The van der Waals surface area contributed by atoms with Crippen molar-refractivity contribution in [3.63, 3.8) is 0 Å². The summed E-state index contributed by atoms with van der Waals surface area (Å²) < 4.78 is 5.46. The third-order valence-electron chi connectivity index (χ3n) is 3.94. The molecule has 3 rings (SSSR count). The van der Waals surface area contributed by atoms with Crippen LogP contribution in [0.5, 0.6) is 0 Å². The highest BCUT2D eigenvalue weighted by Crippen LogP contribution is 2.27. The highest BCUT2D eigenvalue weighted by molar-refractivity contribution is 5.84. The molecule has 10 heteroatoms. The fourth-order valence-electron chi connectivity index (χ4n) is 2.90. The van der Waals surface area contributed by atoms with E-state index in [0.29, 0.717) is 0 Å². The van der Waals surface area contributed by atoms with Crippen molar-refractivity contribution >= 4 is 5.91 Å². The summed E-state index contributed by atoms with van der Waals surface area (Å²) in [7, 11) is 0. The molecule has 0 radical (unpaired) electrons. The van der Waals surface area contributed by atoms with Gasteiger partial charge in [-0.15, -0.1) is 0 Å². The quantitative estimate of drug-likeness (QED) is 0.265. The SMILES string of the molecule is NC1NC(=O)C2NCN([C@H]3O[C@@H](CO)[C@H](O)[C@@H]3O)C2N1. The topological polar surface area (TPSA) is 152 Å². The van der Waals surface area contributed by atoms with Crippen LogP contribution in [0.3, 0.4) is 0 Å². The van der Waals surface area contributed by atoms with E-state index in [2.05, 4.69) is 16.0 Å². The zero-order valence-electron chi connectivity index (χ0n) is 10.6. The normalized spacial score (nSPS) is 49.2. The lowest BCUT2D eigenvalue weighted by molar-refractivity contribution is -0.133. The summed E-state index contributed by atoms with van der Waals surface area (Å²) in [5.74, 6) is -0.240. The Hall–Kier alpha value is -0.850. The Morgan fingerprint density at radius 2 is 2.15 bits per heavy atom. The number of hydrogen-bond acceptors (Lipinski definition) is 9. The predicted octanol–water partition coefficient (Wildman–Crippen LogP) is -5.06. The number of aliphatic hydroxyl groups excluding tert-OH is 3. The number of hydrogen-bond donors (Lipinski definition) is 7. The van der Waals surface area contributed by atoms with E-state index in [0.717, 1.165) is 0 Å². The number of fused-ring (bicyclic) bond motifs is 1. The molecule has 1 amide bonds. The maximum Gasteiger partial charge on any atom is 0.242 e. The fourth-order valence-corrected chi connectivity index (χ4v) is 2.90. The van der Waals surface area contributed by atoms with Crippen molar-refractivity contribution in [1.82, 2.24) is 20.9 Å². The fraction of sp³-hybridized carbons (Fsp3) is 0.900. The van der Waals surface area contributed by atoms with Gasteiger partial charge in [0.1, 0.15) is 36.9 Å². The van der Waals surface area contributed by atoms with Gasteiger partial charge in [0.25, 0.3) is 0 Å². The molecule has 0 bridgehead atoms. The van der Waals surface area contributed by atoms with E-state index < -0.39 is 49.6 Å². The minimum Gasteiger partial charge on any atom is -0.394 e. The second-order valence-electron chi connectivity index (χ2n) is 5.18. The zero-order chi connectivity index (χ0) is 14.4. The van der Waals surface area contributed by atoms with Gasteiger partial charge in [0.2, 0.25) is 5.91 Å². The number of carbonyl (C=O) groups excluding carboxylic acids is 1. The van der Waals surface area contributed by atoms with E-state index in [1.165, 1.54) is 0 Å². The van der Waals surface area contributed by atoms with Crippen molar-refractivity contribution in [3.05, 3.63) is 0 Å². The first-order valence-corrected chi connectivity index (χ1v) is 6.46. The van der Waals surface area contributed by atoms with Crippen LogP contribution in [0, 0.1) is 0 Å². The van der Waals surface area contributed by atoms with E-state index in [9.17, 15) is 15.0 Å². The molecule has 0 saturated carbocycles. The first-order valence-electron chi connectivity index (χ1n) is 6.46. The molecule has 8 N–H and O–H groups in total. The predicted molar refractivity (Wildman–Crippen MR) is 64.4 cm³/mol. The minimum absolute atomic E-state index is 0.240. The average Bonchev–Trinajstić information content (AvgIpc) is 2.93. The smallest absolute Gasteiger partial charge is 0.242 e. The van der Waals surface area contributed by atoms with Crippen LogP contribution in [-0.2, 0) is 9.53 Å². The van der Waals surface area contributed by atoms with Crippen LogP contribution in [0.1, 0.15) is 0 Å². The Balaban J connectivity index is 1.76. The van der Waals surface area contributed by atoms with Crippen molar-refractivity contribution in [2.45, 2.75) is 43.0 Å². The molecule has 3 aliphatic rings. The van der Waals surface area contributed by atoms with Gasteiger partial charge in [-0.1, -0.05) is 0 Å². The maximum absolute atomic E-state index is 11.8. The zero-order valence-corrected chi connectivity index (χ0v) is 10.6. The Bertz CT molecular complexity index is 398. The summed E-state index contributed by atoms with van der Waals surface area (Å²) in [5.41, 5.74) is 5.67. The van der Waals surface area contributed by atoms with E-state index in [4.69, 9.17) is 15.6 Å². The molecule has 3 unspecified atom stereocenters. The maximum atomic E-state index is 11.8. The molecule has 0 aliphatic carbocycles. The van der Waals surface area contributed by atoms with Gasteiger partial charge in [-0.05, 0) is 0 Å². The molecule has 3 fully saturated rings. The number of nitrogens with two attached hydrogens (primary N) is 1. The highest BCUT2D eigenvalue weighted by Gasteiger charge is 2.52. The van der Waals surface area contributed by atoms with Crippen molar-refractivity contribution in [3.8, 4) is 0 Å². The van der Waals surface area contributed by atoms with Gasteiger partial charge in [-0.25, -0.2) is 4.90 Å². The summed E-state index contributed by atoms with van der Waals surface area (Å²) in [4.78, 5) is 13.5. The summed E-state index contributed by atoms with van der Waals surface area (Å²) in [6, 6.07) is -0.518. The van der Waals surface area contributed by atoms with Crippen LogP contribution in [0.4, 0.5) is 0 Å². The molecule has 0 spiro atoms. The van der Waals surface area contributed by atoms with Crippen LogP contribution >= 0.6 is 0 Å². The molecule has 3 heterocycles. The van der Waals surface area contributed by atoms with Gasteiger partial charge in [-0.2, -0.15) is 0 Å². The van der Waals surface area contributed by atoms with Crippen molar-refractivity contribution < 1.29 is 24.9 Å². The Morgan fingerprint density at radius 3 is 2.80 bits per heavy atom. The lowest BCUT2D eigenvalue weighted by Crippen LogP contribution is -2.71. The summed E-state index contributed by atoms with van der Waals surface area (Å²) in [6.07, 6.45) is -5.16. The monoisotopic (exact) mass is 289 g/mol. The molecule has 20 heavy (non-hydrogen) atoms. The molecule has 0 aromatic heterocycles. The first-order chi connectivity index (χ1) is 9.52. The van der Waals surface area contributed by atoms with Crippen molar-refractivity contribution in [1.29, 1.82) is 0 Å². The number of nitrogens with one attached hydrogen (secondary N) is 3. The average molecular weight is 289 g/mol. The van der Waals surface area contributed by atoms with E-state index in [-0.39, 0.29) is 12.6 Å². The van der Waals surface area contributed by atoms with Crippen LogP contribution in [0.15, 0.2) is 0 Å². The highest BCUT2D eigenvalue weighted by atomic mass is 16.6. The van der Waals surface area contributed by atoms with Crippen LogP contribution in [0.2, 0.25) is 0 Å². The lowest BCUT2D eigenvalue weighted by Gasteiger charge is -2.37. The third kappa shape index (κ3) is 2.10. The van der Waals surface area contributed by atoms with Gasteiger partial charge in [-0.3, -0.25) is 21.2 Å². The van der Waals surface area contributed by atoms with E-state index in [1.807, 2.05) is 0 Å². The van der Waals surface area contributed by atoms with Gasteiger partial charge < -0.3 is 25.4 Å². The molecule has 10 nitrogen and oxygen atoms in total. The van der Waals surface area contributed by atoms with Crippen molar-refractivity contribution in [2.75, 3.05) is 13.3 Å². The van der Waals surface area contributed by atoms with Crippen molar-refractivity contribution in [2.24, 2.45) is 5.73 Å². The molecule has 7 atom stereocenters. The second kappa shape index (κ2) is 5.16. The van der Waals surface area contributed by atoms with E-state index >= 15 is 0 Å². The minimum atomic E-state index is -1.17. The number of ether oxygens (including phenoxy) is 1. The molecule has 0 aromatic carbocycles. The molecular formula is C10H19N5O5. The molecule has 114 valence electrons. The summed E-state index contributed by atoms with van der Waals surface area (Å²) in [6.45, 7) is -0.105. The molecule has 3 saturated heterocycles. The number of nitrogens with zero attached hydrogens (tertiary/aromatic N) is 1. The Kier molecular flexibility index (Phi) is 3.64. The largest absolute Gasteiger partial charge is 0.394 e. The summed E-state index contributed by atoms with van der Waals surface area (Å²) >= 11 is 0. The number of rotatable bonds is 2. The van der Waals surface area contributed by atoms with Crippen LogP contribution in [-0.4, -0.2) is 82.4 Å². The Labute approximate surface area is 114 Å². The van der Waals surface area contributed by atoms with Gasteiger partial charge in [0, 0.05) is 0 Å². The van der Waals surface area contributed by atoms with Gasteiger partial charge in [0.05, 0.1) is 19.4 Å². The number of carbonyl (C=O) groups is 1. The Morgan fingerprint density at radius 1 is 1.40 bits per heavy atom. The second-order valence-corrected chi connectivity index (χ2v) is 5.18. The van der Waals surface area contributed by atoms with Gasteiger partial charge >= 0.3 is 0 Å². The molecular weight excluding hydrogens is 270 g/mol. The van der Waals surface area contributed by atoms with Crippen LogP contribution < -0.4 is 21.7 Å². The summed E-state index contributed by atoms with van der Waals surface area (Å²) in [5, 5.41) is 37.4. The first kappa shape index (κ1) is 14.1. The third-order valence-corrected chi connectivity index (χ3v) is 3.94.